The van der Waals surface area contributed by atoms with E-state index < -0.39 is 0 Å². The number of ether oxygens (including phenoxy) is 1. The van der Waals surface area contributed by atoms with Crippen molar-refractivity contribution in [3.63, 3.8) is 0 Å². The van der Waals surface area contributed by atoms with Crippen molar-refractivity contribution < 1.29 is 9.57 Å². The standard InChI is InChI=1S/C12H19NO2/c1-9(2)15-12-7-5-11(6-8-12)10(3)13-14-4/h5-10,13H,1-4H3. The number of hydrogen-bond donors (Lipinski definition) is 1. The Morgan fingerprint density at radius 1 is 1.07 bits per heavy atom. The average molecular weight is 209 g/mol. The van der Waals surface area contributed by atoms with E-state index in [2.05, 4.69) is 5.48 Å². The molecule has 0 radical (unpaired) electrons. The van der Waals surface area contributed by atoms with Crippen molar-refractivity contribution in [2.75, 3.05) is 7.11 Å². The van der Waals surface area contributed by atoms with Gasteiger partial charge in [0.25, 0.3) is 0 Å². The van der Waals surface area contributed by atoms with Crippen LogP contribution in [0.2, 0.25) is 0 Å². The van der Waals surface area contributed by atoms with Gasteiger partial charge in [-0.25, -0.2) is 0 Å². The fourth-order valence-corrected chi connectivity index (χ4v) is 1.35. The van der Waals surface area contributed by atoms with E-state index >= 15 is 0 Å². The summed E-state index contributed by atoms with van der Waals surface area (Å²) in [5.41, 5.74) is 4.06. The van der Waals surface area contributed by atoms with Gasteiger partial charge < -0.3 is 9.57 Å². The molecule has 0 amide bonds. The number of hydrogen-bond acceptors (Lipinski definition) is 3. The second-order valence-corrected chi connectivity index (χ2v) is 3.78. The van der Waals surface area contributed by atoms with Crippen molar-refractivity contribution in [2.45, 2.75) is 32.9 Å². The number of benzene rings is 1. The molecule has 1 aromatic rings. The number of nitrogens with one attached hydrogen (secondary N) is 1. The molecule has 0 aliphatic carbocycles. The largest absolute Gasteiger partial charge is 0.491 e. The number of rotatable bonds is 5. The highest BCUT2D eigenvalue weighted by atomic mass is 16.6. The SMILES string of the molecule is CONC(C)c1ccc(OC(C)C)cc1. The van der Waals surface area contributed by atoms with Gasteiger partial charge in [-0.05, 0) is 38.5 Å². The first-order chi connectivity index (χ1) is 7.13. The van der Waals surface area contributed by atoms with Crippen LogP contribution >= 0.6 is 0 Å². The van der Waals surface area contributed by atoms with Crippen molar-refractivity contribution in [1.29, 1.82) is 0 Å². The lowest BCUT2D eigenvalue weighted by Crippen LogP contribution is -2.16. The smallest absolute Gasteiger partial charge is 0.119 e. The molecule has 0 saturated carbocycles. The van der Waals surface area contributed by atoms with Crippen LogP contribution in [0.5, 0.6) is 5.75 Å². The fraction of sp³-hybridized carbons (Fsp3) is 0.500. The lowest BCUT2D eigenvalue weighted by molar-refractivity contribution is 0.0658. The average Bonchev–Trinajstić information content (AvgIpc) is 2.18. The van der Waals surface area contributed by atoms with Gasteiger partial charge in [-0.15, -0.1) is 0 Å². The van der Waals surface area contributed by atoms with E-state index in [9.17, 15) is 0 Å². The van der Waals surface area contributed by atoms with Crippen LogP contribution in [0.1, 0.15) is 32.4 Å². The first-order valence-corrected chi connectivity index (χ1v) is 5.18. The predicted octanol–water partition coefficient (Wildman–Crippen LogP) is 2.69. The minimum absolute atomic E-state index is 0.183. The van der Waals surface area contributed by atoms with E-state index in [0.29, 0.717) is 0 Å². The molecule has 15 heavy (non-hydrogen) atoms. The van der Waals surface area contributed by atoms with Crippen LogP contribution in [0.15, 0.2) is 24.3 Å². The Labute approximate surface area is 91.4 Å². The molecular weight excluding hydrogens is 190 g/mol. The first-order valence-electron chi connectivity index (χ1n) is 5.18. The monoisotopic (exact) mass is 209 g/mol. The van der Waals surface area contributed by atoms with Crippen LogP contribution in [-0.4, -0.2) is 13.2 Å². The molecule has 1 atom stereocenters. The third kappa shape index (κ3) is 3.90. The summed E-state index contributed by atoms with van der Waals surface area (Å²) < 4.78 is 5.56. The van der Waals surface area contributed by atoms with Crippen molar-refractivity contribution in [3.05, 3.63) is 29.8 Å². The zero-order chi connectivity index (χ0) is 11.3. The molecule has 1 N–H and O–H groups in total. The van der Waals surface area contributed by atoms with Crippen LogP contribution in [0.4, 0.5) is 0 Å². The lowest BCUT2D eigenvalue weighted by Gasteiger charge is -2.14. The van der Waals surface area contributed by atoms with E-state index in [1.54, 1.807) is 7.11 Å². The maximum atomic E-state index is 5.56. The highest BCUT2D eigenvalue weighted by Crippen LogP contribution is 2.18. The van der Waals surface area contributed by atoms with Gasteiger partial charge in [-0.2, -0.15) is 5.48 Å². The molecule has 84 valence electrons. The quantitative estimate of drug-likeness (QED) is 0.756. The summed E-state index contributed by atoms with van der Waals surface area (Å²) in [7, 11) is 1.62. The predicted molar refractivity (Wildman–Crippen MR) is 60.8 cm³/mol. The highest BCUT2D eigenvalue weighted by Gasteiger charge is 2.04. The topological polar surface area (TPSA) is 30.5 Å². The molecule has 0 aromatic heterocycles. The van der Waals surface area contributed by atoms with E-state index in [-0.39, 0.29) is 12.1 Å². The second-order valence-electron chi connectivity index (χ2n) is 3.78. The Hall–Kier alpha value is -1.06. The molecule has 1 aromatic carbocycles. The summed E-state index contributed by atoms with van der Waals surface area (Å²) in [6, 6.07) is 8.21. The second kappa shape index (κ2) is 5.73. The van der Waals surface area contributed by atoms with Gasteiger partial charge in [0.15, 0.2) is 0 Å². The third-order valence-corrected chi connectivity index (χ3v) is 2.05. The molecule has 3 nitrogen and oxygen atoms in total. The summed E-state index contributed by atoms with van der Waals surface area (Å²) in [5, 5.41) is 0. The third-order valence-electron chi connectivity index (χ3n) is 2.05. The molecule has 1 unspecified atom stereocenters. The van der Waals surface area contributed by atoms with E-state index in [0.717, 1.165) is 5.75 Å². The van der Waals surface area contributed by atoms with E-state index in [4.69, 9.17) is 9.57 Å². The van der Waals surface area contributed by atoms with E-state index in [1.807, 2.05) is 45.0 Å². The molecule has 0 bridgehead atoms. The van der Waals surface area contributed by atoms with Crippen LogP contribution in [-0.2, 0) is 4.84 Å². The minimum atomic E-state index is 0.183. The maximum Gasteiger partial charge on any atom is 0.119 e. The zero-order valence-electron chi connectivity index (χ0n) is 9.78. The summed E-state index contributed by atoms with van der Waals surface area (Å²) in [5.74, 6) is 0.901. The van der Waals surface area contributed by atoms with Crippen LogP contribution in [0, 0.1) is 0 Å². The molecule has 0 saturated heterocycles. The zero-order valence-corrected chi connectivity index (χ0v) is 9.78. The Balaban J connectivity index is 2.63. The molecule has 0 aliphatic heterocycles. The Morgan fingerprint density at radius 3 is 2.13 bits per heavy atom. The minimum Gasteiger partial charge on any atom is -0.491 e. The van der Waals surface area contributed by atoms with Crippen LogP contribution < -0.4 is 10.2 Å². The van der Waals surface area contributed by atoms with Gasteiger partial charge in [-0.3, -0.25) is 0 Å². The first kappa shape index (κ1) is 12.0. The normalized spacial score (nSPS) is 12.9. The van der Waals surface area contributed by atoms with Gasteiger partial charge in [-0.1, -0.05) is 12.1 Å². The van der Waals surface area contributed by atoms with Crippen molar-refractivity contribution >= 4 is 0 Å². The van der Waals surface area contributed by atoms with E-state index in [1.165, 1.54) is 5.56 Å². The van der Waals surface area contributed by atoms with Gasteiger partial charge in [0.1, 0.15) is 5.75 Å². The molecule has 0 fully saturated rings. The van der Waals surface area contributed by atoms with Gasteiger partial charge in [0.05, 0.1) is 19.3 Å². The van der Waals surface area contributed by atoms with Crippen LogP contribution in [0.25, 0.3) is 0 Å². The van der Waals surface area contributed by atoms with Crippen molar-refractivity contribution in [3.8, 4) is 5.75 Å². The van der Waals surface area contributed by atoms with Crippen LogP contribution in [0.3, 0.4) is 0 Å². The van der Waals surface area contributed by atoms with Crippen molar-refractivity contribution in [2.24, 2.45) is 0 Å². The lowest BCUT2D eigenvalue weighted by atomic mass is 10.1. The fourth-order valence-electron chi connectivity index (χ4n) is 1.35. The maximum absolute atomic E-state index is 5.56. The van der Waals surface area contributed by atoms with Gasteiger partial charge in [0, 0.05) is 0 Å². The molecular formula is C12H19NO2. The highest BCUT2D eigenvalue weighted by molar-refractivity contribution is 5.28. The van der Waals surface area contributed by atoms with Crippen molar-refractivity contribution in [1.82, 2.24) is 5.48 Å². The molecule has 0 heterocycles. The summed E-state index contributed by atoms with van der Waals surface area (Å²) in [6.45, 7) is 6.08. The Morgan fingerprint density at radius 2 is 1.67 bits per heavy atom. The summed E-state index contributed by atoms with van der Waals surface area (Å²) >= 11 is 0. The molecule has 0 aliphatic rings. The molecule has 1 rings (SSSR count). The Kier molecular flexibility index (Phi) is 4.59. The molecule has 0 spiro atoms. The van der Waals surface area contributed by atoms with Gasteiger partial charge in [0.2, 0.25) is 0 Å². The summed E-state index contributed by atoms with van der Waals surface area (Å²) in [6.07, 6.45) is 0.213. The summed E-state index contributed by atoms with van der Waals surface area (Å²) in [4.78, 5) is 4.87. The Bertz CT molecular complexity index is 282. The molecule has 3 heteroatoms. The van der Waals surface area contributed by atoms with Gasteiger partial charge >= 0.3 is 0 Å². The number of hydroxylamine groups is 1.